The van der Waals surface area contributed by atoms with E-state index in [0.717, 1.165) is 22.9 Å². The molecule has 4 rings (SSSR count). The second-order valence-corrected chi connectivity index (χ2v) is 8.93. The van der Waals surface area contributed by atoms with E-state index in [2.05, 4.69) is 26.6 Å². The predicted octanol–water partition coefficient (Wildman–Crippen LogP) is 5.59. The van der Waals surface area contributed by atoms with Gasteiger partial charge in [0.2, 0.25) is 0 Å². The number of methoxy groups -OCH3 is 1. The SMILES string of the molecule is COc1c(C(=O)NC(=S)Nc2cc(C(F)(F)F)ccc2N2CCOCC2)cc2ccccc2c1Br. The van der Waals surface area contributed by atoms with Crippen LogP contribution in [0.1, 0.15) is 15.9 Å². The van der Waals surface area contributed by atoms with Crippen LogP contribution in [-0.4, -0.2) is 44.4 Å². The van der Waals surface area contributed by atoms with Crippen LogP contribution >= 0.6 is 28.1 Å². The smallest absolute Gasteiger partial charge is 0.416 e. The number of morpholine rings is 1. The number of fused-ring (bicyclic) bond motifs is 1. The van der Waals surface area contributed by atoms with Crippen molar-refractivity contribution in [2.75, 3.05) is 43.6 Å². The van der Waals surface area contributed by atoms with E-state index in [4.69, 9.17) is 21.7 Å². The summed E-state index contributed by atoms with van der Waals surface area (Å²) in [4.78, 5) is 15.0. The minimum atomic E-state index is -4.53. The normalized spacial score (nSPS) is 14.0. The quantitative estimate of drug-likeness (QED) is 0.400. The number of benzene rings is 3. The predicted molar refractivity (Wildman–Crippen MR) is 136 cm³/mol. The van der Waals surface area contributed by atoms with Gasteiger partial charge in [-0.2, -0.15) is 13.2 Å². The number of thiocarbonyl (C=S) groups is 1. The number of alkyl halides is 3. The summed E-state index contributed by atoms with van der Waals surface area (Å²) < 4.78 is 51.5. The summed E-state index contributed by atoms with van der Waals surface area (Å²) in [6.07, 6.45) is -4.53. The van der Waals surface area contributed by atoms with Crippen LogP contribution in [0.2, 0.25) is 0 Å². The minimum Gasteiger partial charge on any atom is -0.495 e. The van der Waals surface area contributed by atoms with Crippen molar-refractivity contribution in [3.8, 4) is 5.75 Å². The van der Waals surface area contributed by atoms with Crippen molar-refractivity contribution in [3.63, 3.8) is 0 Å². The lowest BCUT2D eigenvalue weighted by atomic mass is 10.1. The minimum absolute atomic E-state index is 0.138. The van der Waals surface area contributed by atoms with Crippen molar-refractivity contribution >= 4 is 61.3 Å². The monoisotopic (exact) mass is 567 g/mol. The lowest BCUT2D eigenvalue weighted by Gasteiger charge is -2.31. The molecule has 0 unspecified atom stereocenters. The van der Waals surface area contributed by atoms with E-state index >= 15 is 0 Å². The van der Waals surface area contributed by atoms with E-state index < -0.39 is 17.6 Å². The van der Waals surface area contributed by atoms with Crippen LogP contribution in [0.15, 0.2) is 53.0 Å². The molecule has 2 N–H and O–H groups in total. The second kappa shape index (κ2) is 10.4. The third-order valence-electron chi connectivity index (χ3n) is 5.54. The third kappa shape index (κ3) is 5.52. The van der Waals surface area contributed by atoms with Crippen LogP contribution in [0, 0.1) is 0 Å². The first kappa shape index (κ1) is 25.2. The summed E-state index contributed by atoms with van der Waals surface area (Å²) >= 11 is 8.78. The lowest BCUT2D eigenvalue weighted by molar-refractivity contribution is -0.137. The molecule has 6 nitrogen and oxygen atoms in total. The zero-order chi connectivity index (χ0) is 25.2. The molecule has 3 aromatic carbocycles. The Morgan fingerprint density at radius 1 is 1.14 bits per heavy atom. The zero-order valence-electron chi connectivity index (χ0n) is 18.5. The van der Waals surface area contributed by atoms with Crippen LogP contribution < -0.4 is 20.3 Å². The highest BCUT2D eigenvalue weighted by atomic mass is 79.9. The molecule has 35 heavy (non-hydrogen) atoms. The first-order chi connectivity index (χ1) is 16.7. The Bertz CT molecular complexity index is 1280. The van der Waals surface area contributed by atoms with Gasteiger partial charge in [-0.25, -0.2) is 0 Å². The largest absolute Gasteiger partial charge is 0.495 e. The third-order valence-corrected chi connectivity index (χ3v) is 6.53. The van der Waals surface area contributed by atoms with Gasteiger partial charge in [-0.15, -0.1) is 0 Å². The summed E-state index contributed by atoms with van der Waals surface area (Å²) in [5.41, 5.74) is 0.0635. The van der Waals surface area contributed by atoms with Gasteiger partial charge in [0.05, 0.1) is 47.3 Å². The maximum Gasteiger partial charge on any atom is 0.416 e. The molecule has 0 saturated carbocycles. The van der Waals surface area contributed by atoms with Crippen molar-refractivity contribution in [2.45, 2.75) is 6.18 Å². The number of ether oxygens (including phenoxy) is 2. The van der Waals surface area contributed by atoms with E-state index in [-0.39, 0.29) is 16.4 Å². The molecule has 1 heterocycles. The number of halogens is 4. The van der Waals surface area contributed by atoms with E-state index in [9.17, 15) is 18.0 Å². The second-order valence-electron chi connectivity index (χ2n) is 7.73. The van der Waals surface area contributed by atoms with Gasteiger partial charge in [0.1, 0.15) is 5.75 Å². The van der Waals surface area contributed by atoms with Gasteiger partial charge in [-0.05, 0) is 63.2 Å². The molecule has 3 aromatic rings. The van der Waals surface area contributed by atoms with Crippen molar-refractivity contribution in [3.05, 3.63) is 64.1 Å². The van der Waals surface area contributed by atoms with Gasteiger partial charge in [0.25, 0.3) is 5.91 Å². The molecule has 1 amide bonds. The molecule has 1 aliphatic heterocycles. The van der Waals surface area contributed by atoms with Gasteiger partial charge < -0.3 is 19.7 Å². The Hall–Kier alpha value is -2.89. The first-order valence-electron chi connectivity index (χ1n) is 10.6. The fourth-order valence-electron chi connectivity index (χ4n) is 3.87. The number of hydrogen-bond acceptors (Lipinski definition) is 5. The van der Waals surface area contributed by atoms with E-state index in [1.54, 1.807) is 6.07 Å². The molecular formula is C24H21BrF3N3O3S. The molecule has 1 aliphatic rings. The average molecular weight is 568 g/mol. The molecule has 1 saturated heterocycles. The molecule has 11 heteroatoms. The van der Waals surface area contributed by atoms with Crippen LogP contribution in [0.4, 0.5) is 24.5 Å². The highest BCUT2D eigenvalue weighted by Gasteiger charge is 2.32. The zero-order valence-corrected chi connectivity index (χ0v) is 20.9. The summed E-state index contributed by atoms with van der Waals surface area (Å²) in [5.74, 6) is -0.247. The average Bonchev–Trinajstić information content (AvgIpc) is 2.84. The van der Waals surface area contributed by atoms with Crippen LogP contribution in [0.5, 0.6) is 5.75 Å². The van der Waals surface area contributed by atoms with E-state index in [1.807, 2.05) is 29.2 Å². The number of nitrogens with one attached hydrogen (secondary N) is 2. The molecular weight excluding hydrogens is 547 g/mol. The topological polar surface area (TPSA) is 62.8 Å². The Morgan fingerprint density at radius 2 is 1.86 bits per heavy atom. The van der Waals surface area contributed by atoms with Crippen LogP contribution in [0.25, 0.3) is 10.8 Å². The van der Waals surface area contributed by atoms with Crippen molar-refractivity contribution in [1.29, 1.82) is 0 Å². The maximum absolute atomic E-state index is 13.4. The number of rotatable bonds is 4. The summed E-state index contributed by atoms with van der Waals surface area (Å²) in [5, 5.41) is 6.85. The summed E-state index contributed by atoms with van der Waals surface area (Å²) in [6.45, 7) is 1.94. The van der Waals surface area contributed by atoms with Gasteiger partial charge in [0.15, 0.2) is 5.11 Å². The molecule has 0 aromatic heterocycles. The van der Waals surface area contributed by atoms with Crippen LogP contribution in [-0.2, 0) is 10.9 Å². The van der Waals surface area contributed by atoms with E-state index in [1.165, 1.54) is 13.2 Å². The fraction of sp³-hybridized carbons (Fsp3) is 0.250. The van der Waals surface area contributed by atoms with Gasteiger partial charge in [-0.1, -0.05) is 24.3 Å². The number of carbonyl (C=O) groups is 1. The van der Waals surface area contributed by atoms with Crippen molar-refractivity contribution in [2.24, 2.45) is 0 Å². The summed E-state index contributed by atoms with van der Waals surface area (Å²) in [6, 6.07) is 12.5. The van der Waals surface area contributed by atoms with Crippen LogP contribution in [0.3, 0.4) is 0 Å². The molecule has 0 radical (unpaired) electrons. The number of nitrogens with zero attached hydrogens (tertiary/aromatic N) is 1. The molecule has 1 fully saturated rings. The number of hydrogen-bond donors (Lipinski definition) is 2. The molecule has 0 bridgehead atoms. The highest BCUT2D eigenvalue weighted by molar-refractivity contribution is 9.10. The number of amides is 1. The molecule has 0 aliphatic carbocycles. The molecule has 184 valence electrons. The lowest BCUT2D eigenvalue weighted by Crippen LogP contribution is -2.38. The van der Waals surface area contributed by atoms with Crippen molar-refractivity contribution in [1.82, 2.24) is 5.32 Å². The maximum atomic E-state index is 13.4. The standard InChI is InChI=1S/C24H21BrF3N3O3S/c1-33-21-17(12-14-4-2-3-5-16(14)20(21)25)22(32)30-23(35)29-18-13-15(24(26,27)28)6-7-19(18)31-8-10-34-11-9-31/h2-7,12-13H,8-11H2,1H3,(H2,29,30,32,35). The number of anilines is 2. The Morgan fingerprint density at radius 3 is 2.54 bits per heavy atom. The number of carbonyl (C=O) groups excluding carboxylic acids is 1. The van der Waals surface area contributed by atoms with Gasteiger partial charge in [-0.3, -0.25) is 10.1 Å². The van der Waals surface area contributed by atoms with Gasteiger partial charge >= 0.3 is 6.18 Å². The highest BCUT2D eigenvalue weighted by Crippen LogP contribution is 2.37. The fourth-order valence-corrected chi connectivity index (χ4v) is 4.81. The van der Waals surface area contributed by atoms with E-state index in [0.29, 0.717) is 42.2 Å². The Kier molecular flexibility index (Phi) is 7.48. The van der Waals surface area contributed by atoms with Crippen molar-refractivity contribution < 1.29 is 27.4 Å². The molecule has 0 atom stereocenters. The Labute approximate surface area is 213 Å². The molecule has 0 spiro atoms. The Balaban J connectivity index is 1.61. The van der Waals surface area contributed by atoms with Gasteiger partial charge in [0, 0.05) is 13.1 Å². The summed E-state index contributed by atoms with van der Waals surface area (Å²) in [7, 11) is 1.44. The first-order valence-corrected chi connectivity index (χ1v) is 11.8.